The van der Waals surface area contributed by atoms with E-state index in [0.717, 1.165) is 31.3 Å². The van der Waals surface area contributed by atoms with Crippen molar-refractivity contribution in [2.24, 2.45) is 0 Å². The summed E-state index contributed by atoms with van der Waals surface area (Å²) < 4.78 is 0. The lowest BCUT2D eigenvalue weighted by Crippen LogP contribution is -2.05. The first-order valence-electron chi connectivity index (χ1n) is 5.07. The van der Waals surface area contributed by atoms with Gasteiger partial charge in [-0.15, -0.1) is 0 Å². The molecular weight excluding hydrogens is 148 g/mol. The summed E-state index contributed by atoms with van der Waals surface area (Å²) in [6.07, 6.45) is 9.75. The van der Waals surface area contributed by atoms with Gasteiger partial charge in [0.15, 0.2) is 5.78 Å². The van der Waals surface area contributed by atoms with E-state index in [-0.39, 0.29) is 0 Å². The zero-order valence-corrected chi connectivity index (χ0v) is 7.94. The highest BCUT2D eigenvalue weighted by molar-refractivity contribution is 5.95. The van der Waals surface area contributed by atoms with Crippen LogP contribution >= 0.6 is 0 Å². The standard InChI is InChI=1S/C11H18O/c1-2-7-10-8-5-3-4-6-9-11(10)12/h7H,2-6,8-9H2,1H3. The summed E-state index contributed by atoms with van der Waals surface area (Å²) in [6, 6.07) is 0. The third-order valence-electron chi connectivity index (χ3n) is 2.41. The highest BCUT2D eigenvalue weighted by Crippen LogP contribution is 2.18. The van der Waals surface area contributed by atoms with E-state index in [4.69, 9.17) is 0 Å². The normalized spacial score (nSPS) is 23.8. The maximum atomic E-state index is 11.5. The molecule has 1 fully saturated rings. The van der Waals surface area contributed by atoms with E-state index in [1.54, 1.807) is 0 Å². The van der Waals surface area contributed by atoms with Crippen LogP contribution in [0.25, 0.3) is 0 Å². The van der Waals surface area contributed by atoms with E-state index in [9.17, 15) is 4.79 Å². The Morgan fingerprint density at radius 1 is 1.17 bits per heavy atom. The molecule has 0 atom stereocenters. The van der Waals surface area contributed by atoms with Crippen molar-refractivity contribution < 1.29 is 4.79 Å². The van der Waals surface area contributed by atoms with Gasteiger partial charge in [-0.1, -0.05) is 25.8 Å². The zero-order valence-electron chi connectivity index (χ0n) is 7.94. The number of ketones is 1. The highest BCUT2D eigenvalue weighted by Gasteiger charge is 2.10. The van der Waals surface area contributed by atoms with Crippen LogP contribution < -0.4 is 0 Å². The van der Waals surface area contributed by atoms with Crippen molar-refractivity contribution in [2.45, 2.75) is 51.9 Å². The smallest absolute Gasteiger partial charge is 0.158 e. The lowest BCUT2D eigenvalue weighted by molar-refractivity contribution is -0.116. The van der Waals surface area contributed by atoms with Crippen LogP contribution in [0.2, 0.25) is 0 Å². The predicted octanol–water partition coefficient (Wildman–Crippen LogP) is 3.25. The Hall–Kier alpha value is -0.590. The highest BCUT2D eigenvalue weighted by atomic mass is 16.1. The molecule has 1 saturated carbocycles. The molecule has 0 bridgehead atoms. The van der Waals surface area contributed by atoms with E-state index in [1.807, 2.05) is 0 Å². The third-order valence-corrected chi connectivity index (χ3v) is 2.41. The molecule has 1 rings (SSSR count). The second-order valence-corrected chi connectivity index (χ2v) is 3.48. The van der Waals surface area contributed by atoms with Crippen LogP contribution in [-0.2, 0) is 4.79 Å². The summed E-state index contributed by atoms with van der Waals surface area (Å²) in [6.45, 7) is 2.10. The van der Waals surface area contributed by atoms with E-state index in [0.29, 0.717) is 5.78 Å². The van der Waals surface area contributed by atoms with E-state index in [2.05, 4.69) is 13.0 Å². The first kappa shape index (κ1) is 9.50. The number of rotatable bonds is 1. The average Bonchev–Trinajstić information content (AvgIpc) is 2.05. The van der Waals surface area contributed by atoms with Gasteiger partial charge in [-0.05, 0) is 31.3 Å². The van der Waals surface area contributed by atoms with Crippen molar-refractivity contribution in [1.29, 1.82) is 0 Å². The number of allylic oxidation sites excluding steroid dienone is 2. The van der Waals surface area contributed by atoms with Gasteiger partial charge in [-0.25, -0.2) is 0 Å². The van der Waals surface area contributed by atoms with Gasteiger partial charge in [0.05, 0.1) is 0 Å². The van der Waals surface area contributed by atoms with Crippen molar-refractivity contribution in [3.63, 3.8) is 0 Å². The maximum Gasteiger partial charge on any atom is 0.158 e. The van der Waals surface area contributed by atoms with Gasteiger partial charge in [0.25, 0.3) is 0 Å². The molecule has 12 heavy (non-hydrogen) atoms. The second-order valence-electron chi connectivity index (χ2n) is 3.48. The minimum absolute atomic E-state index is 0.400. The molecule has 0 heterocycles. The van der Waals surface area contributed by atoms with Crippen molar-refractivity contribution >= 4 is 5.78 Å². The van der Waals surface area contributed by atoms with E-state index >= 15 is 0 Å². The van der Waals surface area contributed by atoms with Crippen molar-refractivity contribution in [1.82, 2.24) is 0 Å². The van der Waals surface area contributed by atoms with Gasteiger partial charge in [0.2, 0.25) is 0 Å². The molecule has 0 radical (unpaired) electrons. The van der Waals surface area contributed by atoms with Crippen LogP contribution in [0.4, 0.5) is 0 Å². The summed E-state index contributed by atoms with van der Waals surface area (Å²) in [4.78, 5) is 11.5. The lowest BCUT2D eigenvalue weighted by atomic mass is 9.94. The largest absolute Gasteiger partial charge is 0.295 e. The maximum absolute atomic E-state index is 11.5. The monoisotopic (exact) mass is 166 g/mol. The first-order chi connectivity index (χ1) is 5.84. The molecular formula is C11H18O. The summed E-state index contributed by atoms with van der Waals surface area (Å²) in [5, 5.41) is 0. The Morgan fingerprint density at radius 3 is 2.50 bits per heavy atom. The quantitative estimate of drug-likeness (QED) is 0.546. The topological polar surface area (TPSA) is 17.1 Å². The van der Waals surface area contributed by atoms with Crippen molar-refractivity contribution in [3.05, 3.63) is 11.6 Å². The molecule has 0 saturated heterocycles. The number of carbonyl (C=O) groups excluding carboxylic acids is 1. The minimum atomic E-state index is 0.400. The molecule has 1 nitrogen and oxygen atoms in total. The molecule has 0 amide bonds. The number of hydrogen-bond acceptors (Lipinski definition) is 1. The molecule has 1 aliphatic carbocycles. The fourth-order valence-corrected chi connectivity index (χ4v) is 1.72. The van der Waals surface area contributed by atoms with Crippen LogP contribution in [0.5, 0.6) is 0 Å². The van der Waals surface area contributed by atoms with Gasteiger partial charge in [-0.2, -0.15) is 0 Å². The predicted molar refractivity (Wildman–Crippen MR) is 51.1 cm³/mol. The summed E-state index contributed by atoms with van der Waals surface area (Å²) in [5.41, 5.74) is 1.09. The van der Waals surface area contributed by atoms with Gasteiger partial charge < -0.3 is 0 Å². The molecule has 1 aliphatic rings. The van der Waals surface area contributed by atoms with Crippen LogP contribution in [-0.4, -0.2) is 5.78 Å². The SMILES string of the molecule is CCC=C1CCCCCCC1=O. The minimum Gasteiger partial charge on any atom is -0.295 e. The molecule has 68 valence electrons. The fourth-order valence-electron chi connectivity index (χ4n) is 1.72. The van der Waals surface area contributed by atoms with Crippen LogP contribution in [0.15, 0.2) is 11.6 Å². The second kappa shape index (κ2) is 5.13. The molecule has 0 spiro atoms. The van der Waals surface area contributed by atoms with Gasteiger partial charge in [0.1, 0.15) is 0 Å². The average molecular weight is 166 g/mol. The third kappa shape index (κ3) is 2.80. The Kier molecular flexibility index (Phi) is 4.06. The Bertz CT molecular complexity index is 179. The van der Waals surface area contributed by atoms with E-state index < -0.39 is 0 Å². The summed E-state index contributed by atoms with van der Waals surface area (Å²) >= 11 is 0. The fraction of sp³-hybridized carbons (Fsp3) is 0.727. The van der Waals surface area contributed by atoms with Crippen LogP contribution in [0, 0.1) is 0 Å². The van der Waals surface area contributed by atoms with Crippen LogP contribution in [0.1, 0.15) is 51.9 Å². The van der Waals surface area contributed by atoms with E-state index in [1.165, 1.54) is 19.3 Å². The summed E-state index contributed by atoms with van der Waals surface area (Å²) in [5.74, 6) is 0.400. The van der Waals surface area contributed by atoms with Gasteiger partial charge in [-0.3, -0.25) is 4.79 Å². The Labute approximate surface area is 74.9 Å². The van der Waals surface area contributed by atoms with Crippen LogP contribution in [0.3, 0.4) is 0 Å². The zero-order chi connectivity index (χ0) is 8.81. The molecule has 0 aromatic rings. The summed E-state index contributed by atoms with van der Waals surface area (Å²) in [7, 11) is 0. The number of Topliss-reactive ketones (excluding diaryl/α,β-unsaturated/α-hetero) is 1. The van der Waals surface area contributed by atoms with Gasteiger partial charge >= 0.3 is 0 Å². The van der Waals surface area contributed by atoms with Crippen molar-refractivity contribution in [2.75, 3.05) is 0 Å². The molecule has 0 aliphatic heterocycles. The number of hydrogen-bond donors (Lipinski definition) is 0. The lowest BCUT2D eigenvalue weighted by Gasteiger charge is -2.10. The molecule has 0 unspecified atom stereocenters. The first-order valence-corrected chi connectivity index (χ1v) is 5.07. The van der Waals surface area contributed by atoms with Gasteiger partial charge in [0, 0.05) is 6.42 Å². The number of carbonyl (C=O) groups is 1. The molecule has 0 aromatic heterocycles. The Balaban J connectivity index is 2.55. The molecule has 1 heteroatoms. The molecule has 0 N–H and O–H groups in total. The molecule has 0 aromatic carbocycles. The Morgan fingerprint density at radius 2 is 1.83 bits per heavy atom. The van der Waals surface area contributed by atoms with Crippen molar-refractivity contribution in [3.8, 4) is 0 Å².